The van der Waals surface area contributed by atoms with Gasteiger partial charge in [-0.25, -0.2) is 0 Å². The van der Waals surface area contributed by atoms with Crippen LogP contribution in [0.25, 0.3) is 0 Å². The van der Waals surface area contributed by atoms with E-state index in [4.69, 9.17) is 19.3 Å². The Labute approximate surface area is 106 Å². The lowest BCUT2D eigenvalue weighted by Crippen LogP contribution is -2.08. The molecule has 0 aliphatic carbocycles. The van der Waals surface area contributed by atoms with Gasteiger partial charge in [0, 0.05) is 17.3 Å². The fraction of sp³-hybridized carbons (Fsp3) is 1.00. The molecule has 0 radical (unpaired) electrons. The molecule has 0 aromatic rings. The summed E-state index contributed by atoms with van der Waals surface area (Å²) in [6.45, 7) is 2.32. The molecule has 0 saturated heterocycles. The monoisotopic (exact) mass is 290 g/mol. The SMILES string of the molecule is O=P(O)(O)CCSCCOCCOCCS. The fourth-order valence-corrected chi connectivity index (χ4v) is 2.83. The normalized spacial score (nSPS) is 11.9. The third-order valence-corrected chi connectivity index (χ3v) is 3.75. The Kier molecular flexibility index (Phi) is 11.4. The van der Waals surface area contributed by atoms with Gasteiger partial charge in [-0.2, -0.15) is 24.4 Å². The molecule has 0 aromatic heterocycles. The van der Waals surface area contributed by atoms with E-state index in [1.54, 1.807) is 0 Å². The maximum Gasteiger partial charge on any atom is 0.326 e. The summed E-state index contributed by atoms with van der Waals surface area (Å²) in [4.78, 5) is 17.2. The quantitative estimate of drug-likeness (QED) is 0.298. The van der Waals surface area contributed by atoms with Crippen molar-refractivity contribution in [2.45, 2.75) is 0 Å². The summed E-state index contributed by atoms with van der Waals surface area (Å²) in [5.41, 5.74) is 0. The average Bonchev–Trinajstić information content (AvgIpc) is 2.19. The molecular weight excluding hydrogens is 271 g/mol. The van der Waals surface area contributed by atoms with Crippen LogP contribution in [0.5, 0.6) is 0 Å². The first-order valence-electron chi connectivity index (χ1n) is 4.95. The molecule has 0 spiro atoms. The van der Waals surface area contributed by atoms with Crippen molar-refractivity contribution in [2.75, 3.05) is 49.8 Å². The van der Waals surface area contributed by atoms with Crippen LogP contribution in [0.2, 0.25) is 0 Å². The Balaban J connectivity index is 3.02. The Morgan fingerprint density at radius 2 is 1.69 bits per heavy atom. The lowest BCUT2D eigenvalue weighted by atomic mass is 10.7. The first-order valence-corrected chi connectivity index (χ1v) is 8.53. The van der Waals surface area contributed by atoms with Gasteiger partial charge in [0.15, 0.2) is 0 Å². The van der Waals surface area contributed by atoms with Crippen LogP contribution in [-0.2, 0) is 14.0 Å². The second-order valence-corrected chi connectivity index (χ2v) is 6.40. The van der Waals surface area contributed by atoms with E-state index in [-0.39, 0.29) is 6.16 Å². The summed E-state index contributed by atoms with van der Waals surface area (Å²) < 4.78 is 20.9. The summed E-state index contributed by atoms with van der Waals surface area (Å²) in [7, 11) is -3.83. The first-order chi connectivity index (χ1) is 7.56. The molecule has 0 fully saturated rings. The largest absolute Gasteiger partial charge is 0.378 e. The zero-order valence-corrected chi connectivity index (χ0v) is 11.7. The van der Waals surface area contributed by atoms with Gasteiger partial charge in [0.1, 0.15) is 0 Å². The van der Waals surface area contributed by atoms with E-state index in [1.807, 2.05) is 0 Å². The molecule has 8 heteroatoms. The van der Waals surface area contributed by atoms with Crippen molar-refractivity contribution in [3.05, 3.63) is 0 Å². The molecule has 0 saturated carbocycles. The zero-order chi connectivity index (χ0) is 12.3. The van der Waals surface area contributed by atoms with Crippen molar-refractivity contribution in [1.82, 2.24) is 0 Å². The van der Waals surface area contributed by atoms with E-state index < -0.39 is 7.60 Å². The minimum atomic E-state index is -3.83. The number of thioether (sulfide) groups is 1. The Morgan fingerprint density at radius 1 is 1.06 bits per heavy atom. The molecular formula is C8H19O5PS2. The van der Waals surface area contributed by atoms with E-state index in [9.17, 15) is 4.57 Å². The van der Waals surface area contributed by atoms with E-state index in [0.29, 0.717) is 37.9 Å². The number of thiol groups is 1. The third kappa shape index (κ3) is 14.8. The molecule has 0 aliphatic heterocycles. The Morgan fingerprint density at radius 3 is 2.25 bits per heavy atom. The smallest absolute Gasteiger partial charge is 0.326 e. The Bertz CT molecular complexity index is 199. The van der Waals surface area contributed by atoms with Crippen LogP contribution in [0.1, 0.15) is 0 Å². The van der Waals surface area contributed by atoms with E-state index >= 15 is 0 Å². The minimum Gasteiger partial charge on any atom is -0.378 e. The maximum absolute atomic E-state index is 10.5. The second kappa shape index (κ2) is 10.9. The highest BCUT2D eigenvalue weighted by Gasteiger charge is 2.11. The molecule has 0 amide bonds. The summed E-state index contributed by atoms with van der Waals surface area (Å²) in [5, 5.41) is 0. The Hall–Kier alpha value is 0.770. The number of hydrogen-bond donors (Lipinski definition) is 3. The number of ether oxygens (including phenoxy) is 2. The highest BCUT2D eigenvalue weighted by Crippen LogP contribution is 2.34. The summed E-state index contributed by atoms with van der Waals surface area (Å²) in [6, 6.07) is 0. The van der Waals surface area contributed by atoms with Crippen LogP contribution in [0.4, 0.5) is 0 Å². The lowest BCUT2D eigenvalue weighted by Gasteiger charge is -2.05. The molecule has 0 heterocycles. The van der Waals surface area contributed by atoms with Gasteiger partial charge in [0.2, 0.25) is 0 Å². The highest BCUT2D eigenvalue weighted by molar-refractivity contribution is 7.99. The lowest BCUT2D eigenvalue weighted by molar-refractivity contribution is 0.0606. The fourth-order valence-electron chi connectivity index (χ4n) is 0.790. The zero-order valence-electron chi connectivity index (χ0n) is 9.08. The van der Waals surface area contributed by atoms with Crippen LogP contribution >= 0.6 is 32.0 Å². The third-order valence-electron chi connectivity index (χ3n) is 1.51. The van der Waals surface area contributed by atoms with E-state index in [2.05, 4.69) is 12.6 Å². The molecule has 0 rings (SSSR count). The van der Waals surface area contributed by atoms with Crippen LogP contribution < -0.4 is 0 Å². The van der Waals surface area contributed by atoms with Crippen LogP contribution in [-0.4, -0.2) is 59.6 Å². The number of hydrogen-bond acceptors (Lipinski definition) is 5. The van der Waals surface area contributed by atoms with Gasteiger partial charge >= 0.3 is 7.60 Å². The van der Waals surface area contributed by atoms with Crippen molar-refractivity contribution in [3.63, 3.8) is 0 Å². The minimum absolute atomic E-state index is 0.0667. The van der Waals surface area contributed by atoms with E-state index in [1.165, 1.54) is 11.8 Å². The molecule has 0 unspecified atom stereocenters. The molecule has 0 atom stereocenters. The molecule has 5 nitrogen and oxygen atoms in total. The molecule has 16 heavy (non-hydrogen) atoms. The van der Waals surface area contributed by atoms with Gasteiger partial charge in [-0.3, -0.25) is 4.57 Å². The predicted molar refractivity (Wildman–Crippen MR) is 69.7 cm³/mol. The predicted octanol–water partition coefficient (Wildman–Crippen LogP) is 0.860. The van der Waals surface area contributed by atoms with Crippen molar-refractivity contribution >= 4 is 32.0 Å². The molecule has 98 valence electrons. The van der Waals surface area contributed by atoms with Gasteiger partial charge in [-0.05, 0) is 0 Å². The van der Waals surface area contributed by atoms with Crippen molar-refractivity contribution < 1.29 is 23.8 Å². The summed E-state index contributed by atoms with van der Waals surface area (Å²) in [5.74, 6) is 1.91. The highest BCUT2D eigenvalue weighted by atomic mass is 32.2. The van der Waals surface area contributed by atoms with Crippen LogP contribution in [0.15, 0.2) is 0 Å². The topological polar surface area (TPSA) is 76.0 Å². The maximum atomic E-state index is 10.5. The van der Waals surface area contributed by atoms with E-state index in [0.717, 1.165) is 5.75 Å². The van der Waals surface area contributed by atoms with Crippen LogP contribution in [0.3, 0.4) is 0 Å². The van der Waals surface area contributed by atoms with Gasteiger partial charge in [-0.1, -0.05) is 0 Å². The van der Waals surface area contributed by atoms with Crippen molar-refractivity contribution in [1.29, 1.82) is 0 Å². The first kappa shape index (κ1) is 16.8. The molecule has 0 bridgehead atoms. The van der Waals surface area contributed by atoms with Crippen LogP contribution in [0, 0.1) is 0 Å². The molecule has 0 aliphatic rings. The standard InChI is InChI=1S/C8H19O5PS2/c9-14(10,11)5-8-16-7-4-13-2-1-12-3-6-15/h15H,1-8H2,(H2,9,10,11). The van der Waals surface area contributed by atoms with Gasteiger partial charge in [0.25, 0.3) is 0 Å². The van der Waals surface area contributed by atoms with Crippen molar-refractivity contribution in [3.8, 4) is 0 Å². The second-order valence-electron chi connectivity index (χ2n) is 2.95. The van der Waals surface area contributed by atoms with Crippen molar-refractivity contribution in [2.24, 2.45) is 0 Å². The van der Waals surface area contributed by atoms with Gasteiger partial charge in [0.05, 0.1) is 32.6 Å². The number of rotatable bonds is 11. The van der Waals surface area contributed by atoms with Gasteiger partial charge in [-0.15, -0.1) is 0 Å². The average molecular weight is 290 g/mol. The summed E-state index contributed by atoms with van der Waals surface area (Å²) >= 11 is 5.47. The summed E-state index contributed by atoms with van der Waals surface area (Å²) in [6.07, 6.45) is -0.0667. The molecule has 2 N–H and O–H groups in total. The molecule has 0 aromatic carbocycles. The van der Waals surface area contributed by atoms with Gasteiger partial charge < -0.3 is 19.3 Å².